The van der Waals surface area contributed by atoms with Gasteiger partial charge < -0.3 is 9.72 Å². The molecule has 6 heteroatoms. The van der Waals surface area contributed by atoms with E-state index in [-0.39, 0.29) is 5.91 Å². The predicted molar refractivity (Wildman–Crippen MR) is 99.3 cm³/mol. The van der Waals surface area contributed by atoms with E-state index >= 15 is 0 Å². The number of hydrogen-bond acceptors (Lipinski definition) is 4. The van der Waals surface area contributed by atoms with Crippen LogP contribution in [0.25, 0.3) is 5.65 Å². The topological polar surface area (TPSA) is 59.3 Å². The van der Waals surface area contributed by atoms with Crippen LogP contribution in [0.2, 0.25) is 0 Å². The average molecular weight is 354 g/mol. The van der Waals surface area contributed by atoms with E-state index in [1.807, 2.05) is 40.9 Å². The van der Waals surface area contributed by atoms with E-state index in [0.717, 1.165) is 30.6 Å². The minimum Gasteiger partial charge on any atom is -0.351 e. The molecular weight excluding hydrogens is 332 g/mol. The van der Waals surface area contributed by atoms with Gasteiger partial charge in [-0.05, 0) is 51.2 Å². The average Bonchev–Trinajstić information content (AvgIpc) is 3.23. The molecule has 5 nitrogen and oxygen atoms in total. The van der Waals surface area contributed by atoms with Crippen LogP contribution in [0, 0.1) is 6.92 Å². The molecule has 0 saturated heterocycles. The molecule has 0 bridgehead atoms. The van der Waals surface area contributed by atoms with Crippen LogP contribution in [0.4, 0.5) is 0 Å². The molecule has 130 valence electrons. The van der Waals surface area contributed by atoms with E-state index in [9.17, 15) is 4.79 Å². The largest absolute Gasteiger partial charge is 0.351 e. The van der Waals surface area contributed by atoms with Gasteiger partial charge in [-0.15, -0.1) is 11.3 Å². The molecule has 3 aromatic rings. The van der Waals surface area contributed by atoms with Crippen molar-refractivity contribution in [3.05, 3.63) is 51.4 Å². The van der Waals surface area contributed by atoms with Gasteiger partial charge in [0.2, 0.25) is 0 Å². The summed E-state index contributed by atoms with van der Waals surface area (Å²) in [4.78, 5) is 22.9. The Balaban J connectivity index is 1.31. The lowest BCUT2D eigenvalue weighted by Crippen LogP contribution is -2.25. The standard InChI is InChI=1S/C19H22N4OS/c1-13-6-4-9-17-21-15(12-23(13)17)19(24)20-11-5-10-18-22-14-7-2-3-8-16(14)25-18/h4,6,9,12H,2-3,5,7-8,10-11H2,1H3,(H,20,24). The van der Waals surface area contributed by atoms with Crippen molar-refractivity contribution < 1.29 is 4.79 Å². The van der Waals surface area contributed by atoms with Crippen molar-refractivity contribution in [2.24, 2.45) is 0 Å². The van der Waals surface area contributed by atoms with E-state index in [2.05, 4.69) is 10.3 Å². The molecule has 1 N–H and O–H groups in total. The number of nitrogens with one attached hydrogen (secondary N) is 1. The Morgan fingerprint density at radius 1 is 1.28 bits per heavy atom. The SMILES string of the molecule is Cc1cccc2nc(C(=O)NCCCc3nc4c(s3)CCCC4)cn12. The van der Waals surface area contributed by atoms with Gasteiger partial charge in [-0.25, -0.2) is 9.97 Å². The van der Waals surface area contributed by atoms with Crippen LogP contribution in [0.15, 0.2) is 24.4 Å². The molecular formula is C19H22N4OS. The molecule has 0 radical (unpaired) electrons. The zero-order valence-corrected chi connectivity index (χ0v) is 15.2. The van der Waals surface area contributed by atoms with E-state index in [1.165, 1.54) is 34.8 Å². The number of amides is 1. The van der Waals surface area contributed by atoms with Crippen LogP contribution in [0.3, 0.4) is 0 Å². The highest BCUT2D eigenvalue weighted by Crippen LogP contribution is 2.27. The number of rotatable bonds is 5. The molecule has 3 aromatic heterocycles. The molecule has 25 heavy (non-hydrogen) atoms. The lowest BCUT2D eigenvalue weighted by Gasteiger charge is -2.06. The smallest absolute Gasteiger partial charge is 0.271 e. The molecule has 3 heterocycles. The number of aryl methyl sites for hydroxylation is 4. The second kappa shape index (κ2) is 6.96. The van der Waals surface area contributed by atoms with E-state index in [1.54, 1.807) is 6.20 Å². The van der Waals surface area contributed by atoms with Crippen LogP contribution >= 0.6 is 11.3 Å². The number of thiazole rings is 1. The Morgan fingerprint density at radius 3 is 3.00 bits per heavy atom. The minimum absolute atomic E-state index is 0.110. The predicted octanol–water partition coefficient (Wildman–Crippen LogP) is 3.34. The molecule has 0 fully saturated rings. The van der Waals surface area contributed by atoms with Crippen LogP contribution < -0.4 is 5.32 Å². The lowest BCUT2D eigenvalue weighted by atomic mass is 10.0. The second-order valence-electron chi connectivity index (χ2n) is 6.57. The maximum Gasteiger partial charge on any atom is 0.271 e. The maximum atomic E-state index is 12.3. The Hall–Kier alpha value is -2.21. The summed E-state index contributed by atoms with van der Waals surface area (Å²) in [6, 6.07) is 5.87. The summed E-state index contributed by atoms with van der Waals surface area (Å²) in [5, 5.41) is 4.19. The van der Waals surface area contributed by atoms with Gasteiger partial charge in [0, 0.05) is 29.7 Å². The van der Waals surface area contributed by atoms with Crippen LogP contribution in [-0.4, -0.2) is 26.8 Å². The van der Waals surface area contributed by atoms with Gasteiger partial charge >= 0.3 is 0 Å². The van der Waals surface area contributed by atoms with Gasteiger partial charge in [0.15, 0.2) is 0 Å². The Morgan fingerprint density at radius 2 is 2.16 bits per heavy atom. The number of carbonyl (C=O) groups is 1. The number of hydrogen-bond donors (Lipinski definition) is 1. The van der Waals surface area contributed by atoms with Crippen molar-refractivity contribution >= 4 is 22.9 Å². The van der Waals surface area contributed by atoms with Crippen molar-refractivity contribution in [2.75, 3.05) is 6.54 Å². The summed E-state index contributed by atoms with van der Waals surface area (Å²) in [6.07, 6.45) is 8.53. The first-order valence-corrected chi connectivity index (χ1v) is 9.73. The van der Waals surface area contributed by atoms with Gasteiger partial charge in [-0.2, -0.15) is 0 Å². The molecule has 0 spiro atoms. The highest BCUT2D eigenvalue weighted by Gasteiger charge is 2.15. The number of pyridine rings is 1. The zero-order chi connectivity index (χ0) is 17.2. The summed E-state index contributed by atoms with van der Waals surface area (Å²) in [7, 11) is 0. The van der Waals surface area contributed by atoms with Gasteiger partial charge in [0.05, 0.1) is 10.7 Å². The summed E-state index contributed by atoms with van der Waals surface area (Å²) in [6.45, 7) is 2.65. The van der Waals surface area contributed by atoms with Gasteiger partial charge in [0.25, 0.3) is 5.91 Å². The van der Waals surface area contributed by atoms with E-state index in [4.69, 9.17) is 4.98 Å². The third-order valence-electron chi connectivity index (χ3n) is 4.67. The fourth-order valence-electron chi connectivity index (χ4n) is 3.30. The normalized spacial score (nSPS) is 13.8. The zero-order valence-electron chi connectivity index (χ0n) is 14.4. The van der Waals surface area contributed by atoms with Gasteiger partial charge in [-0.3, -0.25) is 4.79 Å². The summed E-state index contributed by atoms with van der Waals surface area (Å²) in [5.74, 6) is -0.110. The monoisotopic (exact) mass is 354 g/mol. The van der Waals surface area contributed by atoms with Crippen LogP contribution in [-0.2, 0) is 19.3 Å². The van der Waals surface area contributed by atoms with Crippen LogP contribution in [0.5, 0.6) is 0 Å². The van der Waals surface area contributed by atoms with Gasteiger partial charge in [-0.1, -0.05) is 6.07 Å². The van der Waals surface area contributed by atoms with Crippen molar-refractivity contribution in [1.29, 1.82) is 0 Å². The summed E-state index contributed by atoms with van der Waals surface area (Å²) >= 11 is 1.86. The summed E-state index contributed by atoms with van der Waals surface area (Å²) in [5.41, 5.74) is 3.66. The number of aromatic nitrogens is 3. The second-order valence-corrected chi connectivity index (χ2v) is 7.73. The van der Waals surface area contributed by atoms with Crippen molar-refractivity contribution in [3.63, 3.8) is 0 Å². The molecule has 0 saturated carbocycles. The van der Waals surface area contributed by atoms with Gasteiger partial charge in [0.1, 0.15) is 11.3 Å². The highest BCUT2D eigenvalue weighted by atomic mass is 32.1. The molecule has 0 aliphatic heterocycles. The van der Waals surface area contributed by atoms with Crippen molar-refractivity contribution in [1.82, 2.24) is 19.7 Å². The molecule has 0 unspecified atom stereocenters. The quantitative estimate of drug-likeness (QED) is 0.715. The number of fused-ring (bicyclic) bond motifs is 2. The minimum atomic E-state index is -0.110. The number of nitrogens with zero attached hydrogens (tertiary/aromatic N) is 3. The highest BCUT2D eigenvalue weighted by molar-refractivity contribution is 7.11. The fraction of sp³-hybridized carbons (Fsp3) is 0.421. The van der Waals surface area contributed by atoms with Crippen molar-refractivity contribution in [3.8, 4) is 0 Å². The molecule has 1 aliphatic rings. The number of imidazole rings is 1. The van der Waals surface area contributed by atoms with E-state index in [0.29, 0.717) is 12.2 Å². The Bertz CT molecular complexity index is 888. The Kier molecular flexibility index (Phi) is 4.53. The Labute approximate surface area is 151 Å². The third-order valence-corrected chi connectivity index (χ3v) is 5.89. The van der Waals surface area contributed by atoms with Crippen LogP contribution in [0.1, 0.15) is 51.0 Å². The maximum absolute atomic E-state index is 12.3. The first kappa shape index (κ1) is 16.3. The van der Waals surface area contributed by atoms with E-state index < -0.39 is 0 Å². The molecule has 4 rings (SSSR count). The third kappa shape index (κ3) is 3.44. The summed E-state index contributed by atoms with van der Waals surface area (Å²) < 4.78 is 1.94. The fourth-order valence-corrected chi connectivity index (χ4v) is 4.50. The lowest BCUT2D eigenvalue weighted by molar-refractivity contribution is 0.0949. The first-order chi connectivity index (χ1) is 12.2. The first-order valence-electron chi connectivity index (χ1n) is 8.91. The molecule has 1 aliphatic carbocycles. The molecule has 0 aromatic carbocycles. The molecule has 0 atom stereocenters. The molecule has 1 amide bonds. The number of carbonyl (C=O) groups excluding carboxylic acids is 1. The van der Waals surface area contributed by atoms with Crippen molar-refractivity contribution in [2.45, 2.75) is 45.4 Å².